The Morgan fingerprint density at radius 3 is 2.90 bits per heavy atom. The van der Waals surface area contributed by atoms with E-state index < -0.39 is 6.10 Å². The van der Waals surface area contributed by atoms with Gasteiger partial charge in [-0.2, -0.15) is 0 Å². The van der Waals surface area contributed by atoms with Crippen molar-refractivity contribution in [3.05, 3.63) is 29.3 Å². The van der Waals surface area contributed by atoms with Crippen molar-refractivity contribution in [2.45, 2.75) is 38.4 Å². The highest BCUT2D eigenvalue weighted by atomic mass is 35.5. The van der Waals surface area contributed by atoms with Crippen molar-refractivity contribution in [1.82, 2.24) is 5.32 Å². The summed E-state index contributed by atoms with van der Waals surface area (Å²) in [6.07, 6.45) is 1.89. The first-order chi connectivity index (χ1) is 9.58. The smallest absolute Gasteiger partial charge is 0.260 e. The van der Waals surface area contributed by atoms with Crippen molar-refractivity contribution >= 4 is 17.5 Å². The molecule has 1 aliphatic carbocycles. The molecule has 2 N–H and O–H groups in total. The third kappa shape index (κ3) is 3.87. The van der Waals surface area contributed by atoms with Gasteiger partial charge in [-0.1, -0.05) is 30.2 Å². The predicted octanol–water partition coefficient (Wildman–Crippen LogP) is 2.38. The first kappa shape index (κ1) is 15.1. The third-order valence-corrected chi connectivity index (χ3v) is 3.98. The van der Waals surface area contributed by atoms with Crippen molar-refractivity contribution < 1.29 is 14.6 Å². The lowest BCUT2D eigenvalue weighted by Gasteiger charge is -2.18. The Balaban J connectivity index is 1.81. The average molecular weight is 298 g/mol. The van der Waals surface area contributed by atoms with Crippen LogP contribution in [0.3, 0.4) is 0 Å². The van der Waals surface area contributed by atoms with Gasteiger partial charge in [-0.15, -0.1) is 0 Å². The highest BCUT2D eigenvalue weighted by Gasteiger charge is 2.26. The number of para-hydroxylation sites is 1. The summed E-state index contributed by atoms with van der Waals surface area (Å²) in [5.41, 5.74) is 0. The minimum Gasteiger partial charge on any atom is -0.479 e. The van der Waals surface area contributed by atoms with Crippen LogP contribution in [0.15, 0.2) is 24.3 Å². The summed E-state index contributed by atoms with van der Waals surface area (Å²) < 4.78 is 5.54. The molecule has 1 saturated carbocycles. The van der Waals surface area contributed by atoms with E-state index in [0.29, 0.717) is 17.3 Å². The number of hydrogen-bond acceptors (Lipinski definition) is 3. The highest BCUT2D eigenvalue weighted by molar-refractivity contribution is 6.32. The molecule has 0 radical (unpaired) electrons. The van der Waals surface area contributed by atoms with Crippen LogP contribution in [0.25, 0.3) is 0 Å². The van der Waals surface area contributed by atoms with Crippen LogP contribution in [0.5, 0.6) is 5.75 Å². The lowest BCUT2D eigenvalue weighted by molar-refractivity contribution is -0.127. The average Bonchev–Trinajstić information content (AvgIpc) is 2.84. The van der Waals surface area contributed by atoms with Gasteiger partial charge in [0.1, 0.15) is 5.75 Å². The van der Waals surface area contributed by atoms with E-state index in [9.17, 15) is 9.90 Å². The molecular weight excluding hydrogens is 278 g/mol. The molecule has 0 heterocycles. The summed E-state index contributed by atoms with van der Waals surface area (Å²) in [7, 11) is 0. The second kappa shape index (κ2) is 6.95. The zero-order valence-electron chi connectivity index (χ0n) is 11.5. The van der Waals surface area contributed by atoms with Gasteiger partial charge in [0.25, 0.3) is 5.91 Å². The zero-order chi connectivity index (χ0) is 14.5. The topological polar surface area (TPSA) is 58.6 Å². The van der Waals surface area contributed by atoms with Crippen LogP contribution in [0.2, 0.25) is 5.02 Å². The third-order valence-electron chi connectivity index (χ3n) is 3.67. The molecule has 1 aromatic rings. The fourth-order valence-electron chi connectivity index (χ4n) is 2.42. The van der Waals surface area contributed by atoms with E-state index in [1.165, 1.54) is 0 Å². The Kier molecular flexibility index (Phi) is 5.26. The molecule has 110 valence electrons. The molecule has 1 amide bonds. The van der Waals surface area contributed by atoms with Gasteiger partial charge in [-0.3, -0.25) is 4.79 Å². The molecule has 0 aliphatic heterocycles. The Morgan fingerprint density at radius 1 is 1.50 bits per heavy atom. The molecule has 2 rings (SSSR count). The number of ether oxygens (including phenoxy) is 1. The SMILES string of the molecule is CC(Oc1ccccc1Cl)C(=O)NCC1CCCC1O. The number of aliphatic hydroxyl groups is 1. The Hall–Kier alpha value is -1.26. The molecule has 4 nitrogen and oxygen atoms in total. The molecule has 1 aromatic carbocycles. The van der Waals surface area contributed by atoms with Crippen molar-refractivity contribution in [3.8, 4) is 5.75 Å². The number of halogens is 1. The molecule has 0 spiro atoms. The molecule has 1 fully saturated rings. The molecule has 0 saturated heterocycles. The number of aliphatic hydroxyl groups excluding tert-OH is 1. The fraction of sp³-hybridized carbons (Fsp3) is 0.533. The summed E-state index contributed by atoms with van der Waals surface area (Å²) in [6.45, 7) is 2.18. The summed E-state index contributed by atoms with van der Waals surface area (Å²) in [5.74, 6) is 0.466. The second-order valence-corrected chi connectivity index (χ2v) is 5.60. The summed E-state index contributed by atoms with van der Waals surface area (Å²) in [4.78, 5) is 12.0. The summed E-state index contributed by atoms with van der Waals surface area (Å²) in [5, 5.41) is 13.0. The van der Waals surface area contributed by atoms with Gasteiger partial charge in [0.2, 0.25) is 0 Å². The molecule has 0 bridgehead atoms. The summed E-state index contributed by atoms with van der Waals surface area (Å²) >= 11 is 5.98. The fourth-order valence-corrected chi connectivity index (χ4v) is 2.60. The standard InChI is InChI=1S/C15H20ClNO3/c1-10(20-14-8-3-2-6-12(14)16)15(19)17-9-11-5-4-7-13(11)18/h2-3,6,8,10-11,13,18H,4-5,7,9H2,1H3,(H,17,19). The van der Waals surface area contributed by atoms with E-state index >= 15 is 0 Å². The second-order valence-electron chi connectivity index (χ2n) is 5.19. The zero-order valence-corrected chi connectivity index (χ0v) is 12.3. The highest BCUT2D eigenvalue weighted by Crippen LogP contribution is 2.25. The Morgan fingerprint density at radius 2 is 2.25 bits per heavy atom. The number of hydrogen-bond donors (Lipinski definition) is 2. The van der Waals surface area contributed by atoms with Gasteiger partial charge < -0.3 is 15.2 Å². The normalized spacial score (nSPS) is 23.4. The van der Waals surface area contributed by atoms with Crippen molar-refractivity contribution in [2.75, 3.05) is 6.54 Å². The lowest BCUT2D eigenvalue weighted by atomic mass is 10.1. The predicted molar refractivity (Wildman–Crippen MR) is 77.9 cm³/mol. The van der Waals surface area contributed by atoms with E-state index in [1.54, 1.807) is 31.2 Å². The van der Waals surface area contributed by atoms with Crippen LogP contribution < -0.4 is 10.1 Å². The van der Waals surface area contributed by atoms with Crippen LogP contribution in [-0.4, -0.2) is 29.8 Å². The van der Waals surface area contributed by atoms with E-state index in [2.05, 4.69) is 5.32 Å². The molecular formula is C15H20ClNO3. The summed E-state index contributed by atoms with van der Waals surface area (Å²) in [6, 6.07) is 7.06. The first-order valence-corrected chi connectivity index (χ1v) is 7.32. The largest absolute Gasteiger partial charge is 0.479 e. The minimum atomic E-state index is -0.617. The maximum atomic E-state index is 12.0. The monoisotopic (exact) mass is 297 g/mol. The van der Waals surface area contributed by atoms with Gasteiger partial charge in [0, 0.05) is 12.5 Å². The van der Waals surface area contributed by atoms with Crippen LogP contribution in [0, 0.1) is 5.92 Å². The molecule has 20 heavy (non-hydrogen) atoms. The maximum Gasteiger partial charge on any atom is 0.260 e. The van der Waals surface area contributed by atoms with Crippen LogP contribution in [0.1, 0.15) is 26.2 Å². The van der Waals surface area contributed by atoms with E-state index in [0.717, 1.165) is 19.3 Å². The van der Waals surface area contributed by atoms with Crippen molar-refractivity contribution in [1.29, 1.82) is 0 Å². The Bertz CT molecular complexity index is 466. The van der Waals surface area contributed by atoms with Gasteiger partial charge >= 0.3 is 0 Å². The number of nitrogens with one attached hydrogen (secondary N) is 1. The number of amides is 1. The van der Waals surface area contributed by atoms with Gasteiger partial charge in [0.05, 0.1) is 11.1 Å². The molecule has 1 aliphatic rings. The van der Waals surface area contributed by atoms with E-state index in [1.807, 2.05) is 0 Å². The number of carbonyl (C=O) groups excluding carboxylic acids is 1. The molecule has 0 aromatic heterocycles. The van der Waals surface area contributed by atoms with Crippen molar-refractivity contribution in [2.24, 2.45) is 5.92 Å². The van der Waals surface area contributed by atoms with Crippen LogP contribution in [-0.2, 0) is 4.79 Å². The van der Waals surface area contributed by atoms with Crippen molar-refractivity contribution in [3.63, 3.8) is 0 Å². The van der Waals surface area contributed by atoms with Gasteiger partial charge in [0.15, 0.2) is 6.10 Å². The quantitative estimate of drug-likeness (QED) is 0.877. The lowest BCUT2D eigenvalue weighted by Crippen LogP contribution is -2.40. The number of rotatable bonds is 5. The van der Waals surface area contributed by atoms with Gasteiger partial charge in [-0.25, -0.2) is 0 Å². The van der Waals surface area contributed by atoms with E-state index in [4.69, 9.17) is 16.3 Å². The van der Waals surface area contributed by atoms with E-state index in [-0.39, 0.29) is 17.9 Å². The first-order valence-electron chi connectivity index (χ1n) is 6.95. The van der Waals surface area contributed by atoms with Crippen LogP contribution >= 0.6 is 11.6 Å². The molecule has 3 unspecified atom stereocenters. The number of benzene rings is 1. The van der Waals surface area contributed by atoms with Crippen LogP contribution in [0.4, 0.5) is 0 Å². The minimum absolute atomic E-state index is 0.159. The number of carbonyl (C=O) groups is 1. The molecule has 5 heteroatoms. The molecule has 3 atom stereocenters. The van der Waals surface area contributed by atoms with Gasteiger partial charge in [-0.05, 0) is 31.9 Å². The Labute approximate surface area is 124 Å². The maximum absolute atomic E-state index is 12.0.